The topological polar surface area (TPSA) is 74.2 Å². The van der Waals surface area contributed by atoms with Gasteiger partial charge < -0.3 is 9.47 Å². The van der Waals surface area contributed by atoms with Crippen molar-refractivity contribution < 1.29 is 14.3 Å². The summed E-state index contributed by atoms with van der Waals surface area (Å²) in [6, 6.07) is 18.7. The molecule has 0 aliphatic carbocycles. The minimum absolute atomic E-state index is 0.0333. The van der Waals surface area contributed by atoms with Crippen LogP contribution in [0.4, 0.5) is 0 Å². The van der Waals surface area contributed by atoms with Crippen molar-refractivity contribution in [3.05, 3.63) is 71.9 Å². The Morgan fingerprint density at radius 3 is 2.16 bits per heavy atom. The number of thiazole rings is 1. The Labute approximate surface area is 194 Å². The number of aromatic nitrogens is 3. The van der Waals surface area contributed by atoms with E-state index in [-0.39, 0.29) is 5.78 Å². The summed E-state index contributed by atoms with van der Waals surface area (Å²) in [4.78, 5) is 18.1. The van der Waals surface area contributed by atoms with Crippen LogP contribution in [0.5, 0.6) is 11.5 Å². The van der Waals surface area contributed by atoms with Crippen molar-refractivity contribution in [2.45, 2.75) is 11.9 Å². The van der Waals surface area contributed by atoms with Crippen LogP contribution >= 0.6 is 23.1 Å². The summed E-state index contributed by atoms with van der Waals surface area (Å²) >= 11 is 2.95. The monoisotopic (exact) mass is 463 g/mol. The van der Waals surface area contributed by atoms with Crippen LogP contribution in [0.25, 0.3) is 21.1 Å². The summed E-state index contributed by atoms with van der Waals surface area (Å²) in [7, 11) is 3.25. The zero-order valence-corrected chi connectivity index (χ0v) is 19.5. The number of aryl methyl sites for hydroxylation is 1. The van der Waals surface area contributed by atoms with Gasteiger partial charge in [0.15, 0.2) is 5.78 Å². The fourth-order valence-corrected chi connectivity index (χ4v) is 4.75. The molecule has 0 radical (unpaired) electrons. The van der Waals surface area contributed by atoms with Crippen molar-refractivity contribution in [1.29, 1.82) is 0 Å². The number of Topliss-reactive ketones (excluding diaryl/α,β-unsaturated/α-hetero) is 1. The van der Waals surface area contributed by atoms with E-state index in [2.05, 4.69) is 10.2 Å². The van der Waals surface area contributed by atoms with E-state index in [1.165, 1.54) is 11.8 Å². The molecule has 2 aromatic heterocycles. The number of thioether (sulfide) groups is 1. The van der Waals surface area contributed by atoms with Gasteiger partial charge in [-0.05, 0) is 67.6 Å². The van der Waals surface area contributed by atoms with Gasteiger partial charge in [-0.15, -0.1) is 21.5 Å². The van der Waals surface area contributed by atoms with E-state index >= 15 is 0 Å². The zero-order chi connectivity index (χ0) is 22.5. The maximum Gasteiger partial charge on any atom is 0.173 e. The van der Waals surface area contributed by atoms with Crippen LogP contribution in [0.15, 0.2) is 65.7 Å². The summed E-state index contributed by atoms with van der Waals surface area (Å²) in [6.45, 7) is 1.97. The first-order valence-corrected chi connectivity index (χ1v) is 11.6. The Kier molecular flexibility index (Phi) is 6.82. The molecule has 4 rings (SSSR count). The molecular formula is C24H21N3O3S2. The lowest BCUT2D eigenvalue weighted by atomic mass is 10.1. The lowest BCUT2D eigenvalue weighted by Gasteiger charge is -2.03. The highest BCUT2D eigenvalue weighted by molar-refractivity contribution is 7.99. The van der Waals surface area contributed by atoms with Gasteiger partial charge in [0.2, 0.25) is 0 Å². The predicted octanol–water partition coefficient (Wildman–Crippen LogP) is 5.57. The molecule has 0 bridgehead atoms. The van der Waals surface area contributed by atoms with Crippen molar-refractivity contribution in [3.8, 4) is 32.6 Å². The zero-order valence-electron chi connectivity index (χ0n) is 17.9. The van der Waals surface area contributed by atoms with Crippen LogP contribution < -0.4 is 9.47 Å². The molecular weight excluding hydrogens is 442 g/mol. The normalized spacial score (nSPS) is 10.7. The smallest absolute Gasteiger partial charge is 0.173 e. The Balaban J connectivity index is 1.43. The number of hydrogen-bond acceptors (Lipinski definition) is 8. The van der Waals surface area contributed by atoms with E-state index < -0.39 is 0 Å². The van der Waals surface area contributed by atoms with E-state index in [0.717, 1.165) is 38.3 Å². The Morgan fingerprint density at radius 1 is 0.906 bits per heavy atom. The number of nitrogens with zero attached hydrogens (tertiary/aromatic N) is 3. The number of rotatable bonds is 8. The molecule has 32 heavy (non-hydrogen) atoms. The second-order valence-electron chi connectivity index (χ2n) is 6.86. The maximum atomic E-state index is 12.4. The third-order valence-electron chi connectivity index (χ3n) is 4.77. The van der Waals surface area contributed by atoms with Gasteiger partial charge in [-0.2, -0.15) is 0 Å². The van der Waals surface area contributed by atoms with Crippen LogP contribution in [0.3, 0.4) is 0 Å². The minimum Gasteiger partial charge on any atom is -0.497 e. The molecule has 0 unspecified atom stereocenters. The number of hydrogen-bond donors (Lipinski definition) is 0. The minimum atomic E-state index is 0.0333. The van der Waals surface area contributed by atoms with Crippen molar-refractivity contribution in [1.82, 2.24) is 15.2 Å². The Morgan fingerprint density at radius 2 is 1.56 bits per heavy atom. The highest BCUT2D eigenvalue weighted by atomic mass is 32.2. The number of ketones is 1. The molecule has 0 fully saturated rings. The molecule has 2 aromatic carbocycles. The summed E-state index contributed by atoms with van der Waals surface area (Å²) in [5, 5.41) is 10.3. The molecule has 0 saturated carbocycles. The highest BCUT2D eigenvalue weighted by Crippen LogP contribution is 2.35. The summed E-state index contributed by atoms with van der Waals surface area (Å²) in [5.74, 6) is 1.86. The molecule has 0 amide bonds. The highest BCUT2D eigenvalue weighted by Gasteiger charge is 2.14. The second-order valence-corrected chi connectivity index (χ2v) is 8.85. The molecule has 0 aliphatic rings. The predicted molar refractivity (Wildman–Crippen MR) is 128 cm³/mol. The van der Waals surface area contributed by atoms with Gasteiger partial charge in [-0.25, -0.2) is 4.98 Å². The van der Waals surface area contributed by atoms with E-state index in [4.69, 9.17) is 14.5 Å². The SMILES string of the molecule is COc1ccc(C(=O)CSc2ccc(-c3sc(-c4ccc(OC)cc4)nc3C)nn2)cc1. The number of benzene rings is 2. The molecule has 0 atom stereocenters. The largest absolute Gasteiger partial charge is 0.497 e. The molecule has 4 aromatic rings. The van der Waals surface area contributed by atoms with Gasteiger partial charge in [-0.3, -0.25) is 4.79 Å². The van der Waals surface area contributed by atoms with E-state index in [0.29, 0.717) is 16.3 Å². The molecule has 0 N–H and O–H groups in total. The maximum absolute atomic E-state index is 12.4. The molecule has 0 aliphatic heterocycles. The molecule has 2 heterocycles. The van der Waals surface area contributed by atoms with Crippen LogP contribution in [-0.4, -0.2) is 40.9 Å². The standard InChI is InChI=1S/C24H21N3O3S2/c1-15-23(32-24(25-15)17-6-10-19(30-3)11-7-17)20-12-13-22(27-26-20)31-14-21(28)16-4-8-18(29-2)9-5-16/h4-13H,14H2,1-3H3. The van der Waals surface area contributed by atoms with Gasteiger partial charge in [0, 0.05) is 11.1 Å². The van der Waals surface area contributed by atoms with E-state index in [9.17, 15) is 4.79 Å². The van der Waals surface area contributed by atoms with Gasteiger partial charge in [-0.1, -0.05) is 11.8 Å². The van der Waals surface area contributed by atoms with Gasteiger partial charge in [0.05, 0.1) is 30.5 Å². The second kappa shape index (κ2) is 9.93. The molecule has 0 spiro atoms. The fraction of sp³-hybridized carbons (Fsp3) is 0.167. The molecule has 6 nitrogen and oxygen atoms in total. The average Bonchev–Trinajstić information content (AvgIpc) is 3.24. The number of carbonyl (C=O) groups is 1. The summed E-state index contributed by atoms with van der Waals surface area (Å²) in [6.07, 6.45) is 0. The van der Waals surface area contributed by atoms with Crippen LogP contribution in [0.1, 0.15) is 16.1 Å². The molecule has 162 valence electrons. The van der Waals surface area contributed by atoms with Crippen LogP contribution in [0, 0.1) is 6.92 Å². The number of methoxy groups -OCH3 is 2. The summed E-state index contributed by atoms with van der Waals surface area (Å²) in [5.41, 5.74) is 3.35. The Bertz CT molecular complexity index is 1200. The van der Waals surface area contributed by atoms with Gasteiger partial charge in [0.1, 0.15) is 27.2 Å². The fourth-order valence-electron chi connectivity index (χ4n) is 3.01. The first-order chi connectivity index (χ1) is 15.6. The van der Waals surface area contributed by atoms with Gasteiger partial charge >= 0.3 is 0 Å². The van der Waals surface area contributed by atoms with E-state index in [1.54, 1.807) is 49.8 Å². The number of ether oxygens (including phenoxy) is 2. The summed E-state index contributed by atoms with van der Waals surface area (Å²) < 4.78 is 10.3. The van der Waals surface area contributed by atoms with E-state index in [1.807, 2.05) is 43.3 Å². The quantitative estimate of drug-likeness (QED) is 0.250. The molecule has 0 saturated heterocycles. The van der Waals surface area contributed by atoms with Crippen LogP contribution in [0.2, 0.25) is 0 Å². The molecule has 8 heteroatoms. The lowest BCUT2D eigenvalue weighted by Crippen LogP contribution is -2.02. The third kappa shape index (κ3) is 4.98. The van der Waals surface area contributed by atoms with Crippen molar-refractivity contribution >= 4 is 28.9 Å². The average molecular weight is 464 g/mol. The van der Waals surface area contributed by atoms with Crippen molar-refractivity contribution in [2.75, 3.05) is 20.0 Å². The van der Waals surface area contributed by atoms with Crippen molar-refractivity contribution in [2.24, 2.45) is 0 Å². The number of carbonyl (C=O) groups excluding carboxylic acids is 1. The first kappa shape index (κ1) is 22.0. The first-order valence-electron chi connectivity index (χ1n) is 9.83. The Hall–Kier alpha value is -3.23. The lowest BCUT2D eigenvalue weighted by molar-refractivity contribution is 0.102. The third-order valence-corrected chi connectivity index (χ3v) is 6.92. The van der Waals surface area contributed by atoms with Crippen molar-refractivity contribution in [3.63, 3.8) is 0 Å². The van der Waals surface area contributed by atoms with Gasteiger partial charge in [0.25, 0.3) is 0 Å². The van der Waals surface area contributed by atoms with Crippen LogP contribution in [-0.2, 0) is 0 Å².